The third kappa shape index (κ3) is 4.60. The molecule has 0 saturated carbocycles. The van der Waals surface area contributed by atoms with Crippen LogP contribution in [0.25, 0.3) is 0 Å². The lowest BCUT2D eigenvalue weighted by atomic mass is 10.1. The summed E-state index contributed by atoms with van der Waals surface area (Å²) in [7, 11) is 3.91. The fourth-order valence-corrected chi connectivity index (χ4v) is 2.13. The Bertz CT molecular complexity index is 339. The summed E-state index contributed by atoms with van der Waals surface area (Å²) in [5.41, 5.74) is 1.30. The molecule has 1 aromatic carbocycles. The molecule has 0 spiro atoms. The van der Waals surface area contributed by atoms with Crippen molar-refractivity contribution in [3.63, 3.8) is 0 Å². The summed E-state index contributed by atoms with van der Waals surface area (Å²) in [6.45, 7) is 4.43. The van der Waals surface area contributed by atoms with Crippen LogP contribution in [-0.2, 0) is 11.2 Å². The van der Waals surface area contributed by atoms with E-state index in [1.165, 1.54) is 5.56 Å². The molecule has 1 aromatic rings. The fourth-order valence-electron chi connectivity index (χ4n) is 2.00. The molecule has 0 heterocycles. The Labute approximate surface area is 116 Å². The van der Waals surface area contributed by atoms with Crippen LogP contribution in [0.1, 0.15) is 32.3 Å². The van der Waals surface area contributed by atoms with E-state index < -0.39 is 0 Å². The average Bonchev–Trinajstić information content (AvgIpc) is 2.40. The third-order valence-corrected chi connectivity index (χ3v) is 3.86. The number of ether oxygens (including phenoxy) is 1. The minimum absolute atomic E-state index is 0.177. The zero-order valence-corrected chi connectivity index (χ0v) is 12.6. The predicted octanol–water partition coefficient (Wildman–Crippen LogP) is 3.98. The van der Waals surface area contributed by atoms with Crippen LogP contribution < -0.4 is 0 Å². The molecule has 102 valence electrons. The molecule has 2 unspecified atom stereocenters. The molecule has 0 aromatic heterocycles. The summed E-state index contributed by atoms with van der Waals surface area (Å²) >= 11 is 5.88. The van der Waals surface area contributed by atoms with Crippen molar-refractivity contribution in [2.75, 3.05) is 14.2 Å². The summed E-state index contributed by atoms with van der Waals surface area (Å²) in [6, 6.07) is 8.59. The third-order valence-electron chi connectivity index (χ3n) is 3.61. The number of methoxy groups -OCH3 is 1. The Morgan fingerprint density at radius 1 is 1.28 bits per heavy atom. The van der Waals surface area contributed by atoms with Gasteiger partial charge in [0, 0.05) is 18.2 Å². The minimum atomic E-state index is 0.177. The van der Waals surface area contributed by atoms with Crippen LogP contribution in [0, 0.1) is 0 Å². The van der Waals surface area contributed by atoms with Gasteiger partial charge in [0.2, 0.25) is 0 Å². The average molecular weight is 270 g/mol. The fraction of sp³-hybridized carbons (Fsp3) is 0.600. The van der Waals surface area contributed by atoms with E-state index in [9.17, 15) is 0 Å². The van der Waals surface area contributed by atoms with Gasteiger partial charge in [-0.05, 0) is 50.9 Å². The molecule has 0 saturated heterocycles. The van der Waals surface area contributed by atoms with Gasteiger partial charge in [-0.25, -0.2) is 0 Å². The van der Waals surface area contributed by atoms with Gasteiger partial charge >= 0.3 is 0 Å². The van der Waals surface area contributed by atoms with E-state index >= 15 is 0 Å². The maximum absolute atomic E-state index is 5.88. The first-order valence-electron chi connectivity index (χ1n) is 6.57. The Kier molecular flexibility index (Phi) is 6.69. The largest absolute Gasteiger partial charge is 0.366 e. The molecular formula is C15H24ClNO. The van der Waals surface area contributed by atoms with Crippen molar-refractivity contribution in [3.05, 3.63) is 34.9 Å². The van der Waals surface area contributed by atoms with Crippen LogP contribution in [0.15, 0.2) is 24.3 Å². The van der Waals surface area contributed by atoms with Gasteiger partial charge in [-0.1, -0.05) is 30.7 Å². The molecule has 2 nitrogen and oxygen atoms in total. The summed E-state index contributed by atoms with van der Waals surface area (Å²) in [4.78, 5) is 2.30. The van der Waals surface area contributed by atoms with Gasteiger partial charge in [0.05, 0.1) is 0 Å². The van der Waals surface area contributed by atoms with Crippen molar-refractivity contribution >= 4 is 11.6 Å². The molecule has 0 amide bonds. The van der Waals surface area contributed by atoms with E-state index in [2.05, 4.69) is 37.9 Å². The lowest BCUT2D eigenvalue weighted by Crippen LogP contribution is -2.39. The maximum atomic E-state index is 5.88. The van der Waals surface area contributed by atoms with E-state index in [0.29, 0.717) is 6.04 Å². The SMILES string of the molecule is CCC(C)N(C)C(CCc1ccc(Cl)cc1)OC. The highest BCUT2D eigenvalue weighted by Gasteiger charge is 2.17. The first-order chi connectivity index (χ1) is 8.58. The van der Waals surface area contributed by atoms with Crippen molar-refractivity contribution in [2.45, 2.75) is 45.4 Å². The van der Waals surface area contributed by atoms with Gasteiger partial charge in [-0.15, -0.1) is 0 Å². The quantitative estimate of drug-likeness (QED) is 0.695. The van der Waals surface area contributed by atoms with Crippen LogP contribution >= 0.6 is 11.6 Å². The number of halogens is 1. The highest BCUT2D eigenvalue weighted by Crippen LogP contribution is 2.15. The van der Waals surface area contributed by atoms with Gasteiger partial charge in [0.25, 0.3) is 0 Å². The number of hydrogen-bond acceptors (Lipinski definition) is 2. The van der Waals surface area contributed by atoms with E-state index in [-0.39, 0.29) is 6.23 Å². The smallest absolute Gasteiger partial charge is 0.110 e. The maximum Gasteiger partial charge on any atom is 0.110 e. The molecule has 2 atom stereocenters. The minimum Gasteiger partial charge on any atom is -0.366 e. The molecule has 0 bridgehead atoms. The molecule has 18 heavy (non-hydrogen) atoms. The summed E-state index contributed by atoms with van der Waals surface area (Å²) < 4.78 is 5.58. The highest BCUT2D eigenvalue weighted by molar-refractivity contribution is 6.30. The van der Waals surface area contributed by atoms with E-state index in [0.717, 1.165) is 24.3 Å². The summed E-state index contributed by atoms with van der Waals surface area (Å²) in [5, 5.41) is 0.791. The van der Waals surface area contributed by atoms with Gasteiger partial charge in [0.15, 0.2) is 0 Å². The zero-order chi connectivity index (χ0) is 13.5. The Morgan fingerprint density at radius 2 is 1.89 bits per heavy atom. The topological polar surface area (TPSA) is 12.5 Å². The van der Waals surface area contributed by atoms with E-state index in [1.54, 1.807) is 7.11 Å². The number of aryl methyl sites for hydroxylation is 1. The normalized spacial score (nSPS) is 14.8. The van der Waals surface area contributed by atoms with Crippen molar-refractivity contribution in [1.29, 1.82) is 0 Å². The summed E-state index contributed by atoms with van der Waals surface area (Å²) in [5.74, 6) is 0. The molecule has 0 aliphatic carbocycles. The second-order valence-corrected chi connectivity index (χ2v) is 5.21. The predicted molar refractivity (Wildman–Crippen MR) is 78.1 cm³/mol. The Hall–Kier alpha value is -0.570. The van der Waals surface area contributed by atoms with Crippen LogP contribution in [0.2, 0.25) is 5.02 Å². The molecule has 0 N–H and O–H groups in total. The van der Waals surface area contributed by atoms with Gasteiger partial charge < -0.3 is 4.74 Å². The van der Waals surface area contributed by atoms with Crippen molar-refractivity contribution in [2.24, 2.45) is 0 Å². The summed E-state index contributed by atoms with van der Waals surface area (Å²) in [6.07, 6.45) is 3.32. The van der Waals surface area contributed by atoms with Crippen molar-refractivity contribution in [1.82, 2.24) is 4.90 Å². The van der Waals surface area contributed by atoms with Gasteiger partial charge in [0.1, 0.15) is 6.23 Å². The molecule has 1 rings (SSSR count). The van der Waals surface area contributed by atoms with Gasteiger partial charge in [-0.3, -0.25) is 4.90 Å². The lowest BCUT2D eigenvalue weighted by molar-refractivity contribution is -0.0417. The monoisotopic (exact) mass is 269 g/mol. The molecule has 0 fully saturated rings. The van der Waals surface area contributed by atoms with Gasteiger partial charge in [-0.2, -0.15) is 0 Å². The molecule has 0 aliphatic heterocycles. The standard InChI is InChI=1S/C15H24ClNO/c1-5-12(2)17(3)15(18-4)11-8-13-6-9-14(16)10-7-13/h6-7,9-10,12,15H,5,8,11H2,1-4H3. The number of hydrogen-bond donors (Lipinski definition) is 0. The number of rotatable bonds is 7. The van der Waals surface area contributed by atoms with Crippen LogP contribution in [0.4, 0.5) is 0 Å². The molecular weight excluding hydrogens is 246 g/mol. The number of nitrogens with zero attached hydrogens (tertiary/aromatic N) is 1. The first kappa shape index (κ1) is 15.5. The van der Waals surface area contributed by atoms with Crippen LogP contribution in [0.3, 0.4) is 0 Å². The Morgan fingerprint density at radius 3 is 2.39 bits per heavy atom. The van der Waals surface area contributed by atoms with Crippen LogP contribution in [0.5, 0.6) is 0 Å². The second kappa shape index (κ2) is 7.78. The van der Waals surface area contributed by atoms with Crippen molar-refractivity contribution in [3.8, 4) is 0 Å². The Balaban J connectivity index is 2.51. The van der Waals surface area contributed by atoms with Crippen LogP contribution in [-0.4, -0.2) is 31.3 Å². The molecule has 0 aliphatic rings. The van der Waals surface area contributed by atoms with E-state index in [4.69, 9.17) is 16.3 Å². The van der Waals surface area contributed by atoms with E-state index in [1.807, 2.05) is 12.1 Å². The van der Waals surface area contributed by atoms with Crippen molar-refractivity contribution < 1.29 is 4.74 Å². The molecule has 3 heteroatoms. The zero-order valence-electron chi connectivity index (χ0n) is 11.8. The lowest BCUT2D eigenvalue weighted by Gasteiger charge is -2.31. The first-order valence-corrected chi connectivity index (χ1v) is 6.95. The number of benzene rings is 1. The molecule has 0 radical (unpaired) electrons. The second-order valence-electron chi connectivity index (χ2n) is 4.78. The highest BCUT2D eigenvalue weighted by atomic mass is 35.5.